The molecule has 6 nitrogen and oxygen atoms in total. The molecule has 33 heavy (non-hydrogen) atoms. The molecule has 0 spiro atoms. The molecule has 0 radical (unpaired) electrons. The van der Waals surface area contributed by atoms with E-state index in [1.54, 1.807) is 42.6 Å². The number of hydrazone groups is 1. The van der Waals surface area contributed by atoms with Gasteiger partial charge < -0.3 is 10.1 Å². The SMILES string of the molecule is CCCCCOc1ccc(/C=N/NC(=O)c2cccc(NC(=O)c3ccc(C)cc3)c2)cc1. The third-order valence-electron chi connectivity index (χ3n) is 4.97. The van der Waals surface area contributed by atoms with Crippen molar-refractivity contribution in [3.8, 4) is 5.75 Å². The zero-order chi connectivity index (χ0) is 23.5. The quantitative estimate of drug-likeness (QED) is 0.244. The summed E-state index contributed by atoms with van der Waals surface area (Å²) < 4.78 is 5.69. The molecule has 0 atom stereocenters. The Bertz CT molecular complexity index is 1090. The van der Waals surface area contributed by atoms with Crippen molar-refractivity contribution in [2.75, 3.05) is 11.9 Å². The number of nitrogens with zero attached hydrogens (tertiary/aromatic N) is 1. The van der Waals surface area contributed by atoms with Crippen molar-refractivity contribution < 1.29 is 14.3 Å². The summed E-state index contributed by atoms with van der Waals surface area (Å²) in [6, 6.07) is 21.5. The number of anilines is 1. The summed E-state index contributed by atoms with van der Waals surface area (Å²) in [5.41, 5.74) is 5.92. The average molecular weight is 444 g/mol. The van der Waals surface area contributed by atoms with Gasteiger partial charge in [0.05, 0.1) is 12.8 Å². The summed E-state index contributed by atoms with van der Waals surface area (Å²) in [6.45, 7) is 4.83. The second-order valence-corrected chi connectivity index (χ2v) is 7.72. The van der Waals surface area contributed by atoms with E-state index in [-0.39, 0.29) is 11.8 Å². The maximum Gasteiger partial charge on any atom is 0.271 e. The number of nitrogens with one attached hydrogen (secondary N) is 2. The molecule has 0 saturated heterocycles. The minimum Gasteiger partial charge on any atom is -0.494 e. The van der Waals surface area contributed by atoms with Crippen LogP contribution in [-0.2, 0) is 0 Å². The molecule has 0 aromatic heterocycles. The molecule has 3 aromatic rings. The van der Waals surface area contributed by atoms with Crippen LogP contribution in [0.3, 0.4) is 0 Å². The van der Waals surface area contributed by atoms with Crippen LogP contribution in [0.2, 0.25) is 0 Å². The Morgan fingerprint density at radius 1 is 0.909 bits per heavy atom. The van der Waals surface area contributed by atoms with Crippen molar-refractivity contribution in [3.63, 3.8) is 0 Å². The highest BCUT2D eigenvalue weighted by Crippen LogP contribution is 2.14. The van der Waals surface area contributed by atoms with E-state index in [1.807, 2.05) is 43.3 Å². The molecule has 0 bridgehead atoms. The molecule has 0 aliphatic carbocycles. The summed E-state index contributed by atoms with van der Waals surface area (Å²) >= 11 is 0. The molecule has 0 heterocycles. The van der Waals surface area contributed by atoms with Crippen molar-refractivity contribution in [3.05, 3.63) is 95.1 Å². The lowest BCUT2D eigenvalue weighted by atomic mass is 10.1. The van der Waals surface area contributed by atoms with Crippen molar-refractivity contribution in [1.29, 1.82) is 0 Å². The topological polar surface area (TPSA) is 79.8 Å². The third kappa shape index (κ3) is 7.61. The number of unbranched alkanes of at least 4 members (excludes halogenated alkanes) is 2. The van der Waals surface area contributed by atoms with E-state index >= 15 is 0 Å². The number of hydrogen-bond acceptors (Lipinski definition) is 4. The molecule has 170 valence electrons. The Morgan fingerprint density at radius 3 is 2.39 bits per heavy atom. The Balaban J connectivity index is 1.52. The Labute approximate surface area is 194 Å². The molecule has 6 heteroatoms. The van der Waals surface area contributed by atoms with Gasteiger partial charge in [0, 0.05) is 16.8 Å². The van der Waals surface area contributed by atoms with Crippen LogP contribution in [0.5, 0.6) is 5.75 Å². The fourth-order valence-electron chi connectivity index (χ4n) is 3.07. The molecule has 3 rings (SSSR count). The van der Waals surface area contributed by atoms with Crippen LogP contribution in [0.4, 0.5) is 5.69 Å². The van der Waals surface area contributed by atoms with Gasteiger partial charge in [0.15, 0.2) is 0 Å². The summed E-state index contributed by atoms with van der Waals surface area (Å²) in [5.74, 6) is 0.216. The minimum atomic E-state index is -0.367. The van der Waals surface area contributed by atoms with Gasteiger partial charge in [-0.1, -0.05) is 43.5 Å². The number of amides is 2. The van der Waals surface area contributed by atoms with E-state index in [0.717, 1.165) is 36.1 Å². The maximum absolute atomic E-state index is 12.4. The van der Waals surface area contributed by atoms with Gasteiger partial charge in [-0.2, -0.15) is 5.10 Å². The molecule has 0 unspecified atom stereocenters. The lowest BCUT2D eigenvalue weighted by Crippen LogP contribution is -2.18. The molecule has 0 aliphatic rings. The van der Waals surface area contributed by atoms with Gasteiger partial charge in [0.25, 0.3) is 11.8 Å². The molecule has 2 N–H and O–H groups in total. The Morgan fingerprint density at radius 2 is 1.67 bits per heavy atom. The van der Waals surface area contributed by atoms with Gasteiger partial charge in [-0.25, -0.2) is 5.43 Å². The molecule has 0 fully saturated rings. The third-order valence-corrected chi connectivity index (χ3v) is 4.97. The first-order chi connectivity index (χ1) is 16.0. The fourth-order valence-corrected chi connectivity index (χ4v) is 3.07. The number of carbonyl (C=O) groups is 2. The van der Waals surface area contributed by atoms with Gasteiger partial charge >= 0.3 is 0 Å². The van der Waals surface area contributed by atoms with Crippen LogP contribution in [0.1, 0.15) is 58.0 Å². The smallest absolute Gasteiger partial charge is 0.271 e. The molecule has 2 amide bonds. The second kappa shape index (κ2) is 12.2. The van der Waals surface area contributed by atoms with Crippen molar-refractivity contribution in [1.82, 2.24) is 5.43 Å². The lowest BCUT2D eigenvalue weighted by Gasteiger charge is -2.07. The van der Waals surface area contributed by atoms with Crippen molar-refractivity contribution >= 4 is 23.7 Å². The van der Waals surface area contributed by atoms with Gasteiger partial charge in [-0.15, -0.1) is 0 Å². The van der Waals surface area contributed by atoms with Crippen LogP contribution in [-0.4, -0.2) is 24.6 Å². The second-order valence-electron chi connectivity index (χ2n) is 7.72. The number of ether oxygens (including phenoxy) is 1. The first-order valence-corrected chi connectivity index (χ1v) is 11.1. The largest absolute Gasteiger partial charge is 0.494 e. The molecular formula is C27H29N3O3. The highest BCUT2D eigenvalue weighted by atomic mass is 16.5. The highest BCUT2D eigenvalue weighted by molar-refractivity contribution is 6.05. The monoisotopic (exact) mass is 443 g/mol. The number of aryl methyl sites for hydroxylation is 1. The minimum absolute atomic E-state index is 0.233. The van der Waals surface area contributed by atoms with Crippen LogP contribution >= 0.6 is 0 Å². The van der Waals surface area contributed by atoms with E-state index in [4.69, 9.17) is 4.74 Å². The van der Waals surface area contributed by atoms with Crippen molar-refractivity contribution in [2.24, 2.45) is 5.10 Å². The lowest BCUT2D eigenvalue weighted by molar-refractivity contribution is 0.0953. The van der Waals surface area contributed by atoms with E-state index < -0.39 is 0 Å². The van der Waals surface area contributed by atoms with E-state index in [9.17, 15) is 9.59 Å². The Hall–Kier alpha value is -3.93. The van der Waals surface area contributed by atoms with Crippen LogP contribution in [0.25, 0.3) is 0 Å². The molecule has 3 aromatic carbocycles. The maximum atomic E-state index is 12.4. The number of rotatable bonds is 10. The number of benzene rings is 3. The summed E-state index contributed by atoms with van der Waals surface area (Å²) in [6.07, 6.45) is 4.94. The van der Waals surface area contributed by atoms with E-state index in [0.29, 0.717) is 23.4 Å². The summed E-state index contributed by atoms with van der Waals surface area (Å²) in [4.78, 5) is 24.9. The van der Waals surface area contributed by atoms with Crippen molar-refractivity contribution in [2.45, 2.75) is 33.1 Å². The normalized spacial score (nSPS) is 10.7. The number of hydrogen-bond donors (Lipinski definition) is 2. The van der Waals surface area contributed by atoms with Crippen LogP contribution < -0.4 is 15.5 Å². The molecule has 0 aliphatic heterocycles. The first-order valence-electron chi connectivity index (χ1n) is 11.1. The summed E-state index contributed by atoms with van der Waals surface area (Å²) in [5, 5.41) is 6.84. The van der Waals surface area contributed by atoms with E-state index in [2.05, 4.69) is 22.8 Å². The fraction of sp³-hybridized carbons (Fsp3) is 0.222. The standard InChI is InChI=1S/C27H29N3O3/c1-3-4-5-17-33-25-15-11-21(12-16-25)19-28-30-27(32)23-7-6-8-24(18-23)29-26(31)22-13-9-20(2)10-14-22/h6-16,18-19H,3-5,17H2,1-2H3,(H,29,31)(H,30,32)/b28-19+. The van der Waals surface area contributed by atoms with Crippen LogP contribution in [0.15, 0.2) is 77.9 Å². The Kier molecular flexibility index (Phi) is 8.77. The highest BCUT2D eigenvalue weighted by Gasteiger charge is 2.09. The zero-order valence-electron chi connectivity index (χ0n) is 19.0. The molecular weight excluding hydrogens is 414 g/mol. The van der Waals surface area contributed by atoms with Crippen LogP contribution in [0, 0.1) is 6.92 Å². The number of carbonyl (C=O) groups excluding carboxylic acids is 2. The van der Waals surface area contributed by atoms with Gasteiger partial charge in [-0.05, 0) is 73.5 Å². The van der Waals surface area contributed by atoms with Gasteiger partial charge in [0.2, 0.25) is 0 Å². The predicted molar refractivity (Wildman–Crippen MR) is 132 cm³/mol. The van der Waals surface area contributed by atoms with E-state index in [1.165, 1.54) is 0 Å². The van der Waals surface area contributed by atoms with Gasteiger partial charge in [0.1, 0.15) is 5.75 Å². The molecule has 0 saturated carbocycles. The van der Waals surface area contributed by atoms with Gasteiger partial charge in [-0.3, -0.25) is 9.59 Å². The first kappa shape index (κ1) is 23.7. The zero-order valence-corrected chi connectivity index (χ0v) is 19.0. The summed E-state index contributed by atoms with van der Waals surface area (Å²) in [7, 11) is 0. The predicted octanol–water partition coefficient (Wildman–Crippen LogP) is 5.58. The average Bonchev–Trinajstić information content (AvgIpc) is 2.83.